The number of piperidine rings is 1. The van der Waals surface area contributed by atoms with Crippen molar-refractivity contribution in [3.05, 3.63) is 29.8 Å². The number of hydrogen-bond donors (Lipinski definition) is 1. The zero-order chi connectivity index (χ0) is 17.8. The molecule has 1 aliphatic heterocycles. The van der Waals surface area contributed by atoms with Crippen LogP contribution in [0, 0.1) is 5.92 Å². The van der Waals surface area contributed by atoms with Gasteiger partial charge in [-0.3, -0.25) is 4.79 Å². The molecule has 1 aromatic carbocycles. The third kappa shape index (κ3) is 4.14. The van der Waals surface area contributed by atoms with Gasteiger partial charge in [0, 0.05) is 44.4 Å². The summed E-state index contributed by atoms with van der Waals surface area (Å²) in [6.45, 7) is 1.23. The fourth-order valence-electron chi connectivity index (χ4n) is 2.86. The van der Waals surface area contributed by atoms with E-state index in [2.05, 4.69) is 15.5 Å². The number of carbonyl (C=O) groups is 2. The van der Waals surface area contributed by atoms with Crippen molar-refractivity contribution in [3.8, 4) is 10.6 Å². The summed E-state index contributed by atoms with van der Waals surface area (Å²) < 4.78 is 0. The van der Waals surface area contributed by atoms with Crippen molar-refractivity contribution in [1.82, 2.24) is 20.0 Å². The van der Waals surface area contributed by atoms with E-state index in [1.807, 2.05) is 24.3 Å². The van der Waals surface area contributed by atoms with E-state index in [0.29, 0.717) is 25.9 Å². The molecule has 0 atom stereocenters. The van der Waals surface area contributed by atoms with Crippen LogP contribution >= 0.6 is 11.3 Å². The van der Waals surface area contributed by atoms with E-state index in [-0.39, 0.29) is 17.9 Å². The molecule has 3 amide bonds. The Bertz CT molecular complexity index is 722. The first-order valence-corrected chi connectivity index (χ1v) is 9.06. The second-order valence-corrected chi connectivity index (χ2v) is 7.08. The lowest BCUT2D eigenvalue weighted by atomic mass is 9.96. The van der Waals surface area contributed by atoms with Gasteiger partial charge in [-0.15, -0.1) is 10.2 Å². The zero-order valence-electron chi connectivity index (χ0n) is 14.3. The van der Waals surface area contributed by atoms with Gasteiger partial charge in [0.05, 0.1) is 0 Å². The number of amides is 3. The molecule has 1 N–H and O–H groups in total. The lowest BCUT2D eigenvalue weighted by Gasteiger charge is -2.33. The van der Waals surface area contributed by atoms with Crippen molar-refractivity contribution in [3.63, 3.8) is 0 Å². The minimum Gasteiger partial charge on any atom is -0.331 e. The van der Waals surface area contributed by atoms with Crippen molar-refractivity contribution in [2.75, 3.05) is 32.5 Å². The Morgan fingerprint density at radius 1 is 1.20 bits per heavy atom. The van der Waals surface area contributed by atoms with Gasteiger partial charge in [0.15, 0.2) is 0 Å². The number of aromatic nitrogens is 2. The highest BCUT2D eigenvalue weighted by Crippen LogP contribution is 2.24. The van der Waals surface area contributed by atoms with Crippen LogP contribution in [0.4, 0.5) is 10.5 Å². The molecule has 1 aromatic heterocycles. The Morgan fingerprint density at radius 2 is 1.88 bits per heavy atom. The van der Waals surface area contributed by atoms with E-state index < -0.39 is 0 Å². The van der Waals surface area contributed by atoms with E-state index in [1.165, 1.54) is 11.3 Å². The van der Waals surface area contributed by atoms with Crippen molar-refractivity contribution in [2.24, 2.45) is 5.92 Å². The Labute approximate surface area is 150 Å². The highest BCUT2D eigenvalue weighted by atomic mass is 32.1. The number of anilines is 1. The number of carbonyl (C=O) groups excluding carboxylic acids is 2. The van der Waals surface area contributed by atoms with Crippen LogP contribution in [0.5, 0.6) is 0 Å². The van der Waals surface area contributed by atoms with Crippen LogP contribution in [0.15, 0.2) is 29.8 Å². The van der Waals surface area contributed by atoms with E-state index >= 15 is 0 Å². The Hall–Kier alpha value is -2.48. The molecule has 3 rings (SSSR count). The average molecular weight is 359 g/mol. The van der Waals surface area contributed by atoms with Crippen molar-refractivity contribution in [1.29, 1.82) is 0 Å². The van der Waals surface area contributed by atoms with Crippen LogP contribution in [0.1, 0.15) is 12.8 Å². The SMILES string of the molecule is CN(C)C(=O)N1CCC(C(=O)Nc2ccc(-c3nncs3)cc2)CC1. The van der Waals surface area contributed by atoms with Crippen LogP contribution in [0.25, 0.3) is 10.6 Å². The number of likely N-dealkylation sites (tertiary alicyclic amines) is 1. The quantitative estimate of drug-likeness (QED) is 0.913. The summed E-state index contributed by atoms with van der Waals surface area (Å²) in [5.41, 5.74) is 3.44. The van der Waals surface area contributed by atoms with E-state index in [4.69, 9.17) is 0 Å². The first-order valence-electron chi connectivity index (χ1n) is 8.18. The van der Waals surface area contributed by atoms with Gasteiger partial charge in [-0.2, -0.15) is 0 Å². The normalized spacial score (nSPS) is 15.0. The molecule has 0 aliphatic carbocycles. The van der Waals surface area contributed by atoms with Gasteiger partial charge >= 0.3 is 6.03 Å². The second-order valence-electron chi connectivity index (χ2n) is 6.25. The Morgan fingerprint density at radius 3 is 2.44 bits per heavy atom. The fraction of sp³-hybridized carbons (Fsp3) is 0.412. The smallest absolute Gasteiger partial charge is 0.319 e. The highest BCUT2D eigenvalue weighted by Gasteiger charge is 2.27. The van der Waals surface area contributed by atoms with E-state index in [0.717, 1.165) is 16.3 Å². The summed E-state index contributed by atoms with van der Waals surface area (Å²) in [4.78, 5) is 27.7. The Kier molecular flexibility index (Phi) is 5.28. The summed E-state index contributed by atoms with van der Waals surface area (Å²) >= 11 is 1.48. The number of nitrogens with one attached hydrogen (secondary N) is 1. The number of rotatable bonds is 3. The maximum atomic E-state index is 12.4. The number of urea groups is 1. The molecule has 1 aliphatic rings. The predicted octanol–water partition coefficient (Wildman–Crippen LogP) is 2.54. The molecule has 1 saturated heterocycles. The van der Waals surface area contributed by atoms with Crippen LogP contribution in [0.3, 0.4) is 0 Å². The number of hydrogen-bond acceptors (Lipinski definition) is 5. The predicted molar refractivity (Wildman–Crippen MR) is 97.4 cm³/mol. The molecule has 0 unspecified atom stereocenters. The maximum absolute atomic E-state index is 12.4. The Balaban J connectivity index is 1.54. The van der Waals surface area contributed by atoms with Gasteiger partial charge in [-0.1, -0.05) is 11.3 Å². The zero-order valence-corrected chi connectivity index (χ0v) is 15.1. The molecule has 2 heterocycles. The summed E-state index contributed by atoms with van der Waals surface area (Å²) in [5.74, 6) is -0.0466. The number of benzene rings is 1. The van der Waals surface area contributed by atoms with Gasteiger partial charge in [-0.25, -0.2) is 4.79 Å². The molecule has 2 aromatic rings. The molecular weight excluding hydrogens is 338 g/mol. The minimum absolute atomic E-state index is 0.00567. The van der Waals surface area contributed by atoms with Gasteiger partial charge in [0.25, 0.3) is 0 Å². The van der Waals surface area contributed by atoms with Crippen molar-refractivity contribution < 1.29 is 9.59 Å². The molecule has 0 spiro atoms. The molecule has 0 saturated carbocycles. The van der Waals surface area contributed by atoms with Crippen LogP contribution < -0.4 is 5.32 Å². The highest BCUT2D eigenvalue weighted by molar-refractivity contribution is 7.12. The molecule has 1 fully saturated rings. The lowest BCUT2D eigenvalue weighted by Crippen LogP contribution is -2.45. The summed E-state index contributed by atoms with van der Waals surface area (Å²) in [6.07, 6.45) is 1.38. The van der Waals surface area contributed by atoms with Crippen molar-refractivity contribution >= 4 is 29.0 Å². The van der Waals surface area contributed by atoms with Crippen LogP contribution in [-0.4, -0.2) is 59.1 Å². The molecular formula is C17H21N5O2S. The fourth-order valence-corrected chi connectivity index (χ4v) is 3.42. The summed E-state index contributed by atoms with van der Waals surface area (Å²) in [6, 6.07) is 7.60. The third-order valence-electron chi connectivity index (χ3n) is 4.28. The molecule has 25 heavy (non-hydrogen) atoms. The van der Waals surface area contributed by atoms with Gasteiger partial charge in [0.2, 0.25) is 5.91 Å². The minimum atomic E-state index is -0.0611. The lowest BCUT2D eigenvalue weighted by molar-refractivity contribution is -0.121. The maximum Gasteiger partial charge on any atom is 0.319 e. The summed E-state index contributed by atoms with van der Waals surface area (Å²) in [7, 11) is 3.49. The monoisotopic (exact) mass is 359 g/mol. The van der Waals surface area contributed by atoms with Gasteiger partial charge in [-0.05, 0) is 37.1 Å². The van der Waals surface area contributed by atoms with Crippen LogP contribution in [-0.2, 0) is 4.79 Å². The first-order chi connectivity index (χ1) is 12.0. The third-order valence-corrected chi connectivity index (χ3v) is 5.02. The molecule has 0 bridgehead atoms. The van der Waals surface area contributed by atoms with E-state index in [1.54, 1.807) is 29.4 Å². The van der Waals surface area contributed by atoms with E-state index in [9.17, 15) is 9.59 Å². The largest absolute Gasteiger partial charge is 0.331 e. The molecule has 0 radical (unpaired) electrons. The topological polar surface area (TPSA) is 78.4 Å². The average Bonchev–Trinajstić information content (AvgIpc) is 3.16. The molecule has 132 valence electrons. The van der Waals surface area contributed by atoms with Crippen molar-refractivity contribution in [2.45, 2.75) is 12.8 Å². The summed E-state index contributed by atoms with van der Waals surface area (Å²) in [5, 5.41) is 11.7. The first kappa shape index (κ1) is 17.3. The molecule has 8 heteroatoms. The van der Waals surface area contributed by atoms with Gasteiger partial charge < -0.3 is 15.1 Å². The molecule has 7 nitrogen and oxygen atoms in total. The van der Waals surface area contributed by atoms with Crippen LogP contribution in [0.2, 0.25) is 0 Å². The number of nitrogens with zero attached hydrogens (tertiary/aromatic N) is 4. The second kappa shape index (κ2) is 7.60. The standard InChI is InChI=1S/C17H21N5O2S/c1-21(2)17(24)22-9-7-12(8-10-22)15(23)19-14-5-3-13(4-6-14)16-20-18-11-25-16/h3-6,11-12H,7-10H2,1-2H3,(H,19,23). The van der Waals surface area contributed by atoms with Gasteiger partial charge in [0.1, 0.15) is 10.5 Å².